The Labute approximate surface area is 139 Å². The van der Waals surface area contributed by atoms with Crippen molar-refractivity contribution in [2.75, 3.05) is 13.6 Å². The summed E-state index contributed by atoms with van der Waals surface area (Å²) in [6, 6.07) is 9.66. The van der Waals surface area contributed by atoms with Gasteiger partial charge in [0.1, 0.15) is 0 Å². The first-order valence-corrected chi connectivity index (χ1v) is 8.45. The lowest BCUT2D eigenvalue weighted by atomic mass is 10.1. The van der Waals surface area contributed by atoms with Gasteiger partial charge in [0.15, 0.2) is 0 Å². The Balaban J connectivity index is 1.78. The van der Waals surface area contributed by atoms with Crippen molar-refractivity contribution in [3.8, 4) is 0 Å². The molecule has 0 N–H and O–H groups in total. The third-order valence-corrected chi connectivity index (χ3v) is 4.88. The number of aromatic nitrogens is 2. The SMILES string of the molecule is Cc1nc2ccc(C(=O)N(C)CCc3cccs3)cc2nc1C. The first-order chi connectivity index (χ1) is 11.0. The number of carbonyl (C=O) groups excluding carboxylic acids is 1. The molecule has 0 saturated heterocycles. The van der Waals surface area contributed by atoms with Crippen LogP contribution in [0.25, 0.3) is 11.0 Å². The number of thiophene rings is 1. The quantitative estimate of drug-likeness (QED) is 0.736. The fourth-order valence-corrected chi connectivity index (χ4v) is 3.12. The summed E-state index contributed by atoms with van der Waals surface area (Å²) in [5.74, 6) is 0.0171. The van der Waals surface area contributed by atoms with Crippen molar-refractivity contribution in [2.24, 2.45) is 0 Å². The number of hydrogen-bond donors (Lipinski definition) is 0. The highest BCUT2D eigenvalue weighted by molar-refractivity contribution is 7.09. The van der Waals surface area contributed by atoms with E-state index in [1.54, 1.807) is 16.2 Å². The molecule has 0 unspecified atom stereocenters. The number of fused-ring (bicyclic) bond motifs is 1. The van der Waals surface area contributed by atoms with E-state index in [4.69, 9.17) is 0 Å². The van der Waals surface area contributed by atoms with E-state index in [0.29, 0.717) is 12.1 Å². The smallest absolute Gasteiger partial charge is 0.253 e. The van der Waals surface area contributed by atoms with Crippen LogP contribution in [-0.2, 0) is 6.42 Å². The molecule has 0 saturated carbocycles. The van der Waals surface area contributed by atoms with Gasteiger partial charge in [0, 0.05) is 24.0 Å². The normalized spacial score (nSPS) is 10.9. The number of aryl methyl sites for hydroxylation is 2. The summed E-state index contributed by atoms with van der Waals surface area (Å²) in [5.41, 5.74) is 4.07. The van der Waals surface area contributed by atoms with E-state index in [2.05, 4.69) is 21.4 Å². The van der Waals surface area contributed by atoms with Crippen molar-refractivity contribution in [1.29, 1.82) is 0 Å². The molecule has 0 aliphatic carbocycles. The Bertz CT molecular complexity index is 843. The predicted octanol–water partition coefficient (Wildman–Crippen LogP) is 3.62. The largest absolute Gasteiger partial charge is 0.341 e. The Hall–Kier alpha value is -2.27. The van der Waals surface area contributed by atoms with Gasteiger partial charge in [-0.2, -0.15) is 0 Å². The van der Waals surface area contributed by atoms with Crippen LogP contribution in [0.2, 0.25) is 0 Å². The van der Waals surface area contributed by atoms with Crippen LogP contribution >= 0.6 is 11.3 Å². The molecule has 1 amide bonds. The number of amides is 1. The van der Waals surface area contributed by atoms with Gasteiger partial charge in [0.05, 0.1) is 22.4 Å². The standard InChI is InChI=1S/C18H19N3OS/c1-12-13(2)20-17-11-14(6-7-16(17)19-12)18(22)21(3)9-8-15-5-4-10-23-15/h4-7,10-11H,8-9H2,1-3H3. The van der Waals surface area contributed by atoms with Gasteiger partial charge in [-0.3, -0.25) is 4.79 Å². The number of nitrogens with zero attached hydrogens (tertiary/aromatic N) is 3. The molecule has 1 aromatic carbocycles. The van der Waals surface area contributed by atoms with Crippen molar-refractivity contribution in [2.45, 2.75) is 20.3 Å². The minimum absolute atomic E-state index is 0.0171. The average molecular weight is 325 g/mol. The summed E-state index contributed by atoms with van der Waals surface area (Å²) in [4.78, 5) is 24.7. The van der Waals surface area contributed by atoms with Crippen LogP contribution in [0, 0.1) is 13.8 Å². The van der Waals surface area contributed by atoms with Crippen LogP contribution in [0.1, 0.15) is 26.6 Å². The fraction of sp³-hybridized carbons (Fsp3) is 0.278. The van der Waals surface area contributed by atoms with Crippen LogP contribution < -0.4 is 0 Å². The number of rotatable bonds is 4. The molecule has 0 radical (unpaired) electrons. The second kappa shape index (κ2) is 6.46. The third-order valence-electron chi connectivity index (χ3n) is 3.94. The number of likely N-dealkylation sites (N-methyl/N-ethyl adjacent to an activating group) is 1. The number of carbonyl (C=O) groups is 1. The third kappa shape index (κ3) is 3.40. The average Bonchev–Trinajstić information content (AvgIpc) is 3.06. The van der Waals surface area contributed by atoms with Crippen molar-refractivity contribution in [3.05, 3.63) is 57.5 Å². The van der Waals surface area contributed by atoms with Gasteiger partial charge in [-0.25, -0.2) is 9.97 Å². The van der Waals surface area contributed by atoms with Gasteiger partial charge in [-0.05, 0) is 49.9 Å². The van der Waals surface area contributed by atoms with E-state index in [-0.39, 0.29) is 5.91 Å². The Morgan fingerprint density at radius 3 is 2.57 bits per heavy atom. The molecular formula is C18H19N3OS. The maximum absolute atomic E-state index is 12.6. The summed E-state index contributed by atoms with van der Waals surface area (Å²) in [5, 5.41) is 2.06. The van der Waals surface area contributed by atoms with Gasteiger partial charge < -0.3 is 4.90 Å². The van der Waals surface area contributed by atoms with Crippen molar-refractivity contribution < 1.29 is 4.79 Å². The highest BCUT2D eigenvalue weighted by Gasteiger charge is 2.13. The lowest BCUT2D eigenvalue weighted by molar-refractivity contribution is 0.0797. The zero-order chi connectivity index (χ0) is 16.4. The lowest BCUT2D eigenvalue weighted by Crippen LogP contribution is -2.28. The van der Waals surface area contributed by atoms with E-state index >= 15 is 0 Å². The summed E-state index contributed by atoms with van der Waals surface area (Å²) >= 11 is 1.72. The van der Waals surface area contributed by atoms with Gasteiger partial charge in [0.25, 0.3) is 5.91 Å². The number of benzene rings is 1. The molecule has 3 rings (SSSR count). The Morgan fingerprint density at radius 2 is 1.87 bits per heavy atom. The molecule has 0 fully saturated rings. The second-order valence-electron chi connectivity index (χ2n) is 5.65. The molecule has 23 heavy (non-hydrogen) atoms. The molecule has 0 spiro atoms. The maximum Gasteiger partial charge on any atom is 0.253 e. The Kier molecular flexibility index (Phi) is 4.39. The zero-order valence-corrected chi connectivity index (χ0v) is 14.4. The van der Waals surface area contributed by atoms with Crippen LogP contribution in [0.4, 0.5) is 0 Å². The first-order valence-electron chi connectivity index (χ1n) is 7.57. The van der Waals surface area contributed by atoms with Crippen LogP contribution in [0.3, 0.4) is 0 Å². The monoisotopic (exact) mass is 325 g/mol. The number of hydrogen-bond acceptors (Lipinski definition) is 4. The molecule has 3 aromatic rings. The van der Waals surface area contributed by atoms with Gasteiger partial charge >= 0.3 is 0 Å². The topological polar surface area (TPSA) is 46.1 Å². The minimum atomic E-state index is 0.0171. The molecule has 0 bridgehead atoms. The molecular weight excluding hydrogens is 306 g/mol. The molecule has 118 valence electrons. The van der Waals surface area contributed by atoms with Crippen molar-refractivity contribution >= 4 is 28.3 Å². The first kappa shape index (κ1) is 15.6. The molecule has 2 aromatic heterocycles. The zero-order valence-electron chi connectivity index (χ0n) is 13.5. The van der Waals surface area contributed by atoms with E-state index in [0.717, 1.165) is 28.8 Å². The van der Waals surface area contributed by atoms with E-state index < -0.39 is 0 Å². The van der Waals surface area contributed by atoms with Crippen LogP contribution in [0.15, 0.2) is 35.7 Å². The summed E-state index contributed by atoms with van der Waals surface area (Å²) in [7, 11) is 1.84. The van der Waals surface area contributed by atoms with Gasteiger partial charge in [-0.1, -0.05) is 6.07 Å². The summed E-state index contributed by atoms with van der Waals surface area (Å²) in [6.45, 7) is 4.58. The molecule has 2 heterocycles. The van der Waals surface area contributed by atoms with E-state index in [9.17, 15) is 4.79 Å². The van der Waals surface area contributed by atoms with E-state index in [1.807, 2.05) is 45.2 Å². The van der Waals surface area contributed by atoms with Crippen LogP contribution in [-0.4, -0.2) is 34.4 Å². The highest BCUT2D eigenvalue weighted by Crippen LogP contribution is 2.16. The second-order valence-corrected chi connectivity index (χ2v) is 6.69. The molecule has 0 aliphatic heterocycles. The highest BCUT2D eigenvalue weighted by atomic mass is 32.1. The summed E-state index contributed by atoms with van der Waals surface area (Å²) in [6.07, 6.45) is 0.881. The van der Waals surface area contributed by atoms with Crippen molar-refractivity contribution in [3.63, 3.8) is 0 Å². The maximum atomic E-state index is 12.6. The van der Waals surface area contributed by atoms with Gasteiger partial charge in [0.2, 0.25) is 0 Å². The fourth-order valence-electron chi connectivity index (χ4n) is 2.42. The Morgan fingerprint density at radius 1 is 1.13 bits per heavy atom. The van der Waals surface area contributed by atoms with E-state index in [1.165, 1.54) is 4.88 Å². The summed E-state index contributed by atoms with van der Waals surface area (Å²) < 4.78 is 0. The molecule has 5 heteroatoms. The lowest BCUT2D eigenvalue weighted by Gasteiger charge is -2.17. The minimum Gasteiger partial charge on any atom is -0.341 e. The van der Waals surface area contributed by atoms with Gasteiger partial charge in [-0.15, -0.1) is 11.3 Å². The molecule has 4 nitrogen and oxygen atoms in total. The predicted molar refractivity (Wildman–Crippen MR) is 94.0 cm³/mol. The molecule has 0 aliphatic rings. The molecule has 0 atom stereocenters. The van der Waals surface area contributed by atoms with Crippen LogP contribution in [0.5, 0.6) is 0 Å². The van der Waals surface area contributed by atoms with Crippen molar-refractivity contribution in [1.82, 2.24) is 14.9 Å².